The number of carbonyl (C=O) groups excluding carboxylic acids is 4. The maximum atomic E-state index is 13.8. The van der Waals surface area contributed by atoms with Crippen molar-refractivity contribution in [2.75, 3.05) is 70.1 Å². The Morgan fingerprint density at radius 1 is 0.918 bits per heavy atom. The number of imide groups is 1. The van der Waals surface area contributed by atoms with E-state index in [2.05, 4.69) is 41.4 Å². The summed E-state index contributed by atoms with van der Waals surface area (Å²) in [6.45, 7) is 8.11. The molecule has 4 amide bonds. The molecule has 1 unspecified atom stereocenters. The maximum Gasteiger partial charge on any atom is 0.255 e. The van der Waals surface area contributed by atoms with E-state index in [1.807, 2.05) is 41.1 Å². The fraction of sp³-hybridized carbons (Fsp3) is 0.386. The van der Waals surface area contributed by atoms with Crippen LogP contribution < -0.4 is 26.0 Å². The van der Waals surface area contributed by atoms with E-state index in [9.17, 15) is 23.6 Å². The van der Waals surface area contributed by atoms with E-state index in [1.54, 1.807) is 4.90 Å². The highest BCUT2D eigenvalue weighted by molar-refractivity contribution is 6.05. The number of amides is 4. The molecule has 6 heterocycles. The number of likely N-dealkylation sites (tertiary alicyclic amines) is 1. The predicted molar refractivity (Wildman–Crippen MR) is 225 cm³/mol. The average molecular weight is 830 g/mol. The number of anilines is 2. The van der Waals surface area contributed by atoms with Crippen LogP contribution in [0.25, 0.3) is 22.3 Å². The Bertz CT molecular complexity index is 2500. The molecule has 2 aromatic heterocycles. The van der Waals surface area contributed by atoms with Crippen LogP contribution in [0, 0.1) is 5.82 Å². The minimum absolute atomic E-state index is 0.130. The van der Waals surface area contributed by atoms with Crippen molar-refractivity contribution < 1.29 is 28.3 Å². The molecule has 4 aliphatic rings. The average Bonchev–Trinajstić information content (AvgIpc) is 3.83. The van der Waals surface area contributed by atoms with Crippen molar-refractivity contribution in [3.05, 3.63) is 95.1 Å². The summed E-state index contributed by atoms with van der Waals surface area (Å²) in [6, 6.07) is 17.1. The van der Waals surface area contributed by atoms with E-state index in [1.165, 1.54) is 25.6 Å². The Morgan fingerprint density at radius 2 is 1.67 bits per heavy atom. The third-order valence-corrected chi connectivity index (χ3v) is 12.5. The van der Waals surface area contributed by atoms with E-state index in [-0.39, 0.29) is 36.4 Å². The summed E-state index contributed by atoms with van der Waals surface area (Å²) in [5.41, 5.74) is 12.3. The van der Waals surface area contributed by atoms with Crippen molar-refractivity contribution in [1.29, 1.82) is 0 Å². The summed E-state index contributed by atoms with van der Waals surface area (Å²) in [7, 11) is 1.44. The smallest absolute Gasteiger partial charge is 0.255 e. The van der Waals surface area contributed by atoms with Gasteiger partial charge in [-0.05, 0) is 66.8 Å². The van der Waals surface area contributed by atoms with Crippen molar-refractivity contribution in [2.24, 2.45) is 0 Å². The first-order chi connectivity index (χ1) is 29.6. The van der Waals surface area contributed by atoms with Gasteiger partial charge >= 0.3 is 0 Å². The molecule has 4 aliphatic heterocycles. The Kier molecular flexibility index (Phi) is 11.1. The molecule has 0 bridgehead atoms. The number of nitrogens with zero attached hydrogens (tertiary/aromatic N) is 8. The zero-order chi connectivity index (χ0) is 42.2. The first-order valence-electron chi connectivity index (χ1n) is 20.8. The largest absolute Gasteiger partial charge is 0.496 e. The second-order valence-corrected chi connectivity index (χ2v) is 16.1. The summed E-state index contributed by atoms with van der Waals surface area (Å²) in [5, 5.41) is 11.0. The lowest BCUT2D eigenvalue weighted by atomic mass is 10.0. The lowest BCUT2D eigenvalue weighted by Crippen LogP contribution is -2.52. The van der Waals surface area contributed by atoms with Gasteiger partial charge < -0.3 is 30.5 Å². The van der Waals surface area contributed by atoms with Crippen molar-refractivity contribution in [3.8, 4) is 17.0 Å². The van der Waals surface area contributed by atoms with Gasteiger partial charge in [0.25, 0.3) is 11.8 Å². The van der Waals surface area contributed by atoms with Gasteiger partial charge in [0.2, 0.25) is 11.8 Å². The quantitative estimate of drug-likeness (QED) is 0.165. The third-order valence-electron chi connectivity index (χ3n) is 12.5. The number of carbonyl (C=O) groups is 4. The fourth-order valence-corrected chi connectivity index (χ4v) is 9.03. The van der Waals surface area contributed by atoms with Gasteiger partial charge in [-0.15, -0.1) is 0 Å². The molecular weight excluding hydrogens is 782 g/mol. The van der Waals surface area contributed by atoms with E-state index < -0.39 is 23.7 Å². The van der Waals surface area contributed by atoms with Gasteiger partial charge in [-0.3, -0.25) is 29.4 Å². The predicted octanol–water partition coefficient (Wildman–Crippen LogP) is 3.37. The van der Waals surface area contributed by atoms with E-state index >= 15 is 0 Å². The molecule has 4 N–H and O–H groups in total. The number of piperazine rings is 1. The van der Waals surface area contributed by atoms with Crippen LogP contribution in [-0.2, 0) is 22.7 Å². The van der Waals surface area contributed by atoms with Gasteiger partial charge in [0.05, 0.1) is 24.1 Å². The number of ether oxygens (including phenoxy) is 1. The second-order valence-electron chi connectivity index (χ2n) is 16.1. The summed E-state index contributed by atoms with van der Waals surface area (Å²) in [4.78, 5) is 68.0. The van der Waals surface area contributed by atoms with Gasteiger partial charge in [0.15, 0.2) is 5.65 Å². The molecule has 17 heteroatoms. The number of halogens is 1. The molecule has 1 atom stereocenters. The Labute approximate surface area is 351 Å². The highest BCUT2D eigenvalue weighted by Gasteiger charge is 2.39. The highest BCUT2D eigenvalue weighted by Crippen LogP contribution is 2.35. The molecule has 3 aromatic carbocycles. The Hall–Kier alpha value is -6.46. The Morgan fingerprint density at radius 3 is 2.41 bits per heavy atom. The minimum Gasteiger partial charge on any atom is -0.496 e. The molecular formula is C44H48FN11O5. The van der Waals surface area contributed by atoms with Gasteiger partial charge in [-0.25, -0.2) is 19.0 Å². The zero-order valence-electron chi connectivity index (χ0n) is 34.0. The third kappa shape index (κ3) is 8.10. The van der Waals surface area contributed by atoms with Crippen LogP contribution in [0.4, 0.5) is 15.9 Å². The molecule has 61 heavy (non-hydrogen) atoms. The fourth-order valence-electron chi connectivity index (χ4n) is 9.03. The number of rotatable bonds is 11. The summed E-state index contributed by atoms with van der Waals surface area (Å²) in [6.07, 6.45) is 3.92. The first-order valence-corrected chi connectivity index (χ1v) is 20.8. The van der Waals surface area contributed by atoms with E-state index in [4.69, 9.17) is 15.6 Å². The minimum atomic E-state index is -0.615. The number of aromatic nitrogens is 4. The molecule has 0 spiro atoms. The van der Waals surface area contributed by atoms with Crippen molar-refractivity contribution in [3.63, 3.8) is 0 Å². The monoisotopic (exact) mass is 829 g/mol. The van der Waals surface area contributed by atoms with Crippen LogP contribution in [0.3, 0.4) is 0 Å². The number of nitrogens with two attached hydrogens (primary N) is 1. The summed E-state index contributed by atoms with van der Waals surface area (Å²) >= 11 is 0. The van der Waals surface area contributed by atoms with Crippen molar-refractivity contribution in [1.82, 2.24) is 45.1 Å². The van der Waals surface area contributed by atoms with E-state index in [0.717, 1.165) is 93.6 Å². The molecule has 3 saturated heterocycles. The summed E-state index contributed by atoms with van der Waals surface area (Å²) < 4.78 is 21.1. The number of piperidine rings is 2. The second kappa shape index (κ2) is 16.9. The molecule has 16 nitrogen and oxygen atoms in total. The highest BCUT2D eigenvalue weighted by atomic mass is 19.1. The Balaban J connectivity index is 0.768. The van der Waals surface area contributed by atoms with Crippen LogP contribution in [0.2, 0.25) is 0 Å². The van der Waals surface area contributed by atoms with Crippen LogP contribution >= 0.6 is 0 Å². The molecule has 5 aromatic rings. The molecule has 316 valence electrons. The maximum absolute atomic E-state index is 13.8. The number of fused-ring (bicyclic) bond motifs is 2. The summed E-state index contributed by atoms with van der Waals surface area (Å²) in [5.74, 6) is -1.12. The zero-order valence-corrected chi connectivity index (χ0v) is 34.0. The van der Waals surface area contributed by atoms with Crippen LogP contribution in [0.15, 0.2) is 67.0 Å². The number of hydrogen-bond donors (Lipinski definition) is 3. The number of benzene rings is 3. The van der Waals surface area contributed by atoms with Crippen LogP contribution in [-0.4, -0.2) is 124 Å². The normalized spacial score (nSPS) is 19.0. The molecule has 0 saturated carbocycles. The number of hydrogen-bond acceptors (Lipinski definition) is 12. The first kappa shape index (κ1) is 40.0. The van der Waals surface area contributed by atoms with Gasteiger partial charge in [-0.2, -0.15) is 5.10 Å². The molecule has 9 rings (SSSR count). The topological polar surface area (TPSA) is 184 Å². The SMILES string of the molecule is COc1ccc(F)cc1C(=O)NCc1ccc(-c2nn(C3CCN(CCN4CCN(c5ccc6c(c5)CN(C5CCC(=O)NC5=O)C6=O)CC4)CC3)c3ncnc(N)c23)cc1. The van der Waals surface area contributed by atoms with Crippen LogP contribution in [0.5, 0.6) is 5.75 Å². The molecule has 0 radical (unpaired) electrons. The lowest BCUT2D eigenvalue weighted by molar-refractivity contribution is -0.136. The number of nitrogens with one attached hydrogen (secondary N) is 2. The van der Waals surface area contributed by atoms with Gasteiger partial charge in [0.1, 0.15) is 35.4 Å². The number of nitrogen functional groups attached to an aromatic ring is 1. The van der Waals surface area contributed by atoms with Gasteiger partial charge in [-0.1, -0.05) is 24.3 Å². The molecule has 3 fully saturated rings. The lowest BCUT2D eigenvalue weighted by Gasteiger charge is -2.38. The number of methoxy groups -OCH3 is 1. The van der Waals surface area contributed by atoms with Crippen molar-refractivity contribution in [2.45, 2.75) is 50.9 Å². The molecule has 0 aliphatic carbocycles. The van der Waals surface area contributed by atoms with E-state index in [0.29, 0.717) is 46.8 Å². The van der Waals surface area contributed by atoms with Crippen molar-refractivity contribution >= 4 is 46.2 Å². The standard InChI is InChI=1S/C44H48FN11O5/c1-61-36-10-6-30(45)23-34(36)42(58)47-24-27-2-4-28(5-3-27)39-38-40(46)48-26-49-41(38)56(51-39)31-12-14-52(15-13-31)16-17-53-18-20-54(21-19-53)32-7-8-33-29(22-32)25-55(44(33)60)35-9-11-37(57)50-43(35)59/h2-8,10,22-23,26,31,35H,9,11-21,24-25H2,1H3,(H,47,58)(H2,46,48,49)(H,50,57,59). The van der Waals surface area contributed by atoms with Crippen LogP contribution in [0.1, 0.15) is 63.6 Å². The van der Waals surface area contributed by atoms with Gasteiger partial charge in [0, 0.05) is 88.7 Å².